The average Bonchev–Trinajstić information content (AvgIpc) is 2.73. The van der Waals surface area contributed by atoms with Gasteiger partial charge in [0.05, 0.1) is 18.2 Å². The van der Waals surface area contributed by atoms with Gasteiger partial charge in [-0.05, 0) is 42.1 Å². The van der Waals surface area contributed by atoms with Crippen LogP contribution in [0.5, 0.6) is 6.01 Å². The number of ether oxygens (including phenoxy) is 1. The van der Waals surface area contributed by atoms with Crippen molar-refractivity contribution in [1.82, 2.24) is 14.5 Å². The number of hydrogen-bond donors (Lipinski definition) is 1. The maximum absolute atomic E-state index is 13.9. The van der Waals surface area contributed by atoms with E-state index in [0.717, 1.165) is 5.39 Å². The molecule has 2 aromatic carbocycles. The Morgan fingerprint density at radius 2 is 1.83 bits per heavy atom. The van der Waals surface area contributed by atoms with Crippen LogP contribution in [0.4, 0.5) is 4.39 Å². The SMILES string of the molecule is COc1ncc(-c2cccc3cc([C@H](C)N)n(-c4cccc(F)c4)c(=O)c23)cn1. The van der Waals surface area contributed by atoms with Crippen molar-refractivity contribution in [3.05, 3.63) is 82.8 Å². The number of nitrogens with two attached hydrogens (primary N) is 1. The number of nitrogens with zero attached hydrogens (tertiary/aromatic N) is 3. The van der Waals surface area contributed by atoms with Gasteiger partial charge in [-0.15, -0.1) is 0 Å². The number of benzene rings is 2. The largest absolute Gasteiger partial charge is 0.467 e. The zero-order valence-corrected chi connectivity index (χ0v) is 16.0. The lowest BCUT2D eigenvalue weighted by Gasteiger charge is -2.18. The fraction of sp³-hybridized carbons (Fsp3) is 0.136. The van der Waals surface area contributed by atoms with Gasteiger partial charge in [0.25, 0.3) is 5.56 Å². The van der Waals surface area contributed by atoms with E-state index in [1.807, 2.05) is 24.3 Å². The standard InChI is InChI=1S/C22H19FN4O2/c1-13(24)19-9-14-5-3-8-18(15-11-25-22(29-2)26-12-15)20(14)21(28)27(19)17-7-4-6-16(23)10-17/h3-13H,24H2,1-2H3/t13-/m0/s1. The first-order valence-electron chi connectivity index (χ1n) is 9.06. The summed E-state index contributed by atoms with van der Waals surface area (Å²) < 4.78 is 20.3. The van der Waals surface area contributed by atoms with Crippen molar-refractivity contribution in [3.8, 4) is 22.8 Å². The molecule has 0 aliphatic rings. The summed E-state index contributed by atoms with van der Waals surface area (Å²) in [6.07, 6.45) is 3.21. The number of halogens is 1. The second-order valence-electron chi connectivity index (χ2n) is 6.71. The number of hydrogen-bond acceptors (Lipinski definition) is 5. The maximum atomic E-state index is 13.9. The summed E-state index contributed by atoms with van der Waals surface area (Å²) in [6.45, 7) is 1.79. The van der Waals surface area contributed by atoms with Crippen molar-refractivity contribution in [1.29, 1.82) is 0 Å². The fourth-order valence-corrected chi connectivity index (χ4v) is 3.40. The molecule has 2 aromatic heterocycles. The van der Waals surface area contributed by atoms with E-state index in [1.54, 1.807) is 31.5 Å². The van der Waals surface area contributed by atoms with Crippen LogP contribution in [0.1, 0.15) is 18.7 Å². The molecule has 2 N–H and O–H groups in total. The second kappa shape index (κ2) is 7.44. The molecule has 0 bridgehead atoms. The van der Waals surface area contributed by atoms with Crippen molar-refractivity contribution in [2.45, 2.75) is 13.0 Å². The van der Waals surface area contributed by atoms with Crippen LogP contribution in [-0.2, 0) is 0 Å². The van der Waals surface area contributed by atoms with Crippen LogP contribution in [0, 0.1) is 5.82 Å². The Labute approximate surface area is 166 Å². The third-order valence-electron chi connectivity index (χ3n) is 4.73. The molecule has 0 spiro atoms. The van der Waals surface area contributed by atoms with E-state index in [9.17, 15) is 9.18 Å². The molecule has 6 nitrogen and oxygen atoms in total. The van der Waals surface area contributed by atoms with Crippen LogP contribution < -0.4 is 16.0 Å². The Hall–Kier alpha value is -3.58. The molecule has 1 atom stereocenters. The fourth-order valence-electron chi connectivity index (χ4n) is 3.40. The Bertz CT molecular complexity index is 1250. The van der Waals surface area contributed by atoms with E-state index < -0.39 is 11.9 Å². The smallest absolute Gasteiger partial charge is 0.316 e. The molecule has 0 radical (unpaired) electrons. The van der Waals surface area contributed by atoms with Gasteiger partial charge in [0.15, 0.2) is 0 Å². The Balaban J connectivity index is 2.06. The Morgan fingerprint density at radius 3 is 2.48 bits per heavy atom. The van der Waals surface area contributed by atoms with E-state index in [-0.39, 0.29) is 11.6 Å². The summed E-state index contributed by atoms with van der Waals surface area (Å²) >= 11 is 0. The van der Waals surface area contributed by atoms with Crippen LogP contribution >= 0.6 is 0 Å². The first-order chi connectivity index (χ1) is 14.0. The molecule has 0 saturated heterocycles. The number of rotatable bonds is 4. The Kier molecular flexibility index (Phi) is 4.82. The molecule has 0 saturated carbocycles. The highest BCUT2D eigenvalue weighted by Crippen LogP contribution is 2.28. The molecular weight excluding hydrogens is 371 g/mol. The molecule has 0 amide bonds. The molecule has 0 fully saturated rings. The van der Waals surface area contributed by atoms with Crippen molar-refractivity contribution in [2.75, 3.05) is 7.11 Å². The van der Waals surface area contributed by atoms with E-state index >= 15 is 0 Å². The molecule has 146 valence electrons. The van der Waals surface area contributed by atoms with Gasteiger partial charge in [-0.2, -0.15) is 0 Å². The van der Waals surface area contributed by atoms with Gasteiger partial charge >= 0.3 is 6.01 Å². The first-order valence-corrected chi connectivity index (χ1v) is 9.06. The Morgan fingerprint density at radius 1 is 1.10 bits per heavy atom. The van der Waals surface area contributed by atoms with Gasteiger partial charge in [0.1, 0.15) is 5.82 Å². The lowest BCUT2D eigenvalue weighted by atomic mass is 9.99. The molecular formula is C22H19FN4O2. The van der Waals surface area contributed by atoms with Crippen LogP contribution in [-0.4, -0.2) is 21.6 Å². The van der Waals surface area contributed by atoms with Gasteiger partial charge in [-0.1, -0.05) is 24.3 Å². The molecule has 2 heterocycles. The maximum Gasteiger partial charge on any atom is 0.316 e. The summed E-state index contributed by atoms with van der Waals surface area (Å²) in [4.78, 5) is 21.9. The second-order valence-corrected chi connectivity index (χ2v) is 6.71. The normalized spacial score (nSPS) is 12.1. The minimum absolute atomic E-state index is 0.241. The molecule has 7 heteroatoms. The quantitative estimate of drug-likeness (QED) is 0.576. The highest BCUT2D eigenvalue weighted by Gasteiger charge is 2.17. The highest BCUT2D eigenvalue weighted by atomic mass is 19.1. The summed E-state index contributed by atoms with van der Waals surface area (Å²) in [5, 5.41) is 1.22. The van der Waals surface area contributed by atoms with E-state index in [2.05, 4.69) is 9.97 Å². The highest BCUT2D eigenvalue weighted by molar-refractivity contribution is 5.96. The monoisotopic (exact) mass is 390 g/mol. The van der Waals surface area contributed by atoms with E-state index in [1.165, 1.54) is 23.8 Å². The van der Waals surface area contributed by atoms with Crippen LogP contribution in [0.2, 0.25) is 0 Å². The average molecular weight is 390 g/mol. The molecule has 0 unspecified atom stereocenters. The zero-order valence-electron chi connectivity index (χ0n) is 16.0. The van der Waals surface area contributed by atoms with Crippen molar-refractivity contribution < 1.29 is 9.13 Å². The molecule has 0 aliphatic heterocycles. The molecule has 4 rings (SSSR count). The van der Waals surface area contributed by atoms with Gasteiger partial charge < -0.3 is 10.5 Å². The summed E-state index contributed by atoms with van der Waals surface area (Å²) in [5.41, 5.74) is 8.22. The van der Waals surface area contributed by atoms with Crippen LogP contribution in [0.15, 0.2) is 65.7 Å². The van der Waals surface area contributed by atoms with Crippen LogP contribution in [0.3, 0.4) is 0 Å². The first kappa shape index (κ1) is 18.8. The number of fused-ring (bicyclic) bond motifs is 1. The molecule has 29 heavy (non-hydrogen) atoms. The lowest BCUT2D eigenvalue weighted by molar-refractivity contribution is 0.380. The van der Waals surface area contributed by atoms with Crippen molar-refractivity contribution >= 4 is 10.8 Å². The lowest BCUT2D eigenvalue weighted by Crippen LogP contribution is -2.26. The third-order valence-corrected chi connectivity index (χ3v) is 4.73. The minimum Gasteiger partial charge on any atom is -0.467 e. The molecule has 4 aromatic rings. The van der Waals surface area contributed by atoms with Gasteiger partial charge in [-0.3, -0.25) is 9.36 Å². The van der Waals surface area contributed by atoms with Crippen molar-refractivity contribution in [2.24, 2.45) is 5.73 Å². The van der Waals surface area contributed by atoms with E-state index in [4.69, 9.17) is 10.5 Å². The summed E-state index contributed by atoms with van der Waals surface area (Å²) in [7, 11) is 1.49. The van der Waals surface area contributed by atoms with Gasteiger partial charge in [-0.25, -0.2) is 14.4 Å². The van der Waals surface area contributed by atoms with Gasteiger partial charge in [0.2, 0.25) is 0 Å². The predicted molar refractivity (Wildman–Crippen MR) is 110 cm³/mol. The minimum atomic E-state index is -0.429. The van der Waals surface area contributed by atoms with Crippen molar-refractivity contribution in [3.63, 3.8) is 0 Å². The number of methoxy groups -OCH3 is 1. The predicted octanol–water partition coefficient (Wildman–Crippen LogP) is 3.62. The summed E-state index contributed by atoms with van der Waals surface area (Å²) in [5.74, 6) is -0.429. The summed E-state index contributed by atoms with van der Waals surface area (Å²) in [6, 6.07) is 13.1. The van der Waals surface area contributed by atoms with Crippen LogP contribution in [0.25, 0.3) is 27.6 Å². The zero-order chi connectivity index (χ0) is 20.5. The number of aromatic nitrogens is 3. The van der Waals surface area contributed by atoms with Gasteiger partial charge in [0, 0.05) is 29.7 Å². The third kappa shape index (κ3) is 3.36. The molecule has 0 aliphatic carbocycles. The number of pyridine rings is 1. The van der Waals surface area contributed by atoms with E-state index in [0.29, 0.717) is 27.9 Å². The topological polar surface area (TPSA) is 83.0 Å².